The van der Waals surface area contributed by atoms with E-state index in [1.165, 1.54) is 0 Å². The first-order valence-corrected chi connectivity index (χ1v) is 7.79. The van der Waals surface area contributed by atoms with Crippen molar-refractivity contribution in [3.05, 3.63) is 62.4 Å². The summed E-state index contributed by atoms with van der Waals surface area (Å²) in [6, 6.07) is 0. The van der Waals surface area contributed by atoms with Crippen molar-refractivity contribution in [2.45, 2.75) is 9.79 Å². The minimum Gasteiger partial charge on any atom is -0.232 e. The zero-order valence-electron chi connectivity index (χ0n) is 12.0. The Kier molecular flexibility index (Phi) is 6.17. The zero-order valence-corrected chi connectivity index (χ0v) is 13.6. The number of rotatable bonds is 4. The number of hydrogen-bond acceptors (Lipinski definition) is 3. The summed E-state index contributed by atoms with van der Waals surface area (Å²) in [5.74, 6) is -23.1. The Morgan fingerprint density at radius 2 is 0.704 bits per heavy atom. The lowest BCUT2D eigenvalue weighted by Crippen LogP contribution is -2.04. The SMILES string of the molecule is O=C=C(Sc1c(F)c(F)c(F)c(F)c1F)Sc1c(F)c(F)c(F)c(F)c1F. The van der Waals surface area contributed by atoms with Gasteiger partial charge in [-0.05, 0) is 0 Å². The van der Waals surface area contributed by atoms with Crippen LogP contribution in [0.1, 0.15) is 0 Å². The van der Waals surface area contributed by atoms with Gasteiger partial charge in [-0.3, -0.25) is 0 Å². The van der Waals surface area contributed by atoms with Crippen LogP contribution in [0.5, 0.6) is 0 Å². The maximum atomic E-state index is 13.6. The van der Waals surface area contributed by atoms with Crippen LogP contribution >= 0.6 is 23.5 Å². The average Bonchev–Trinajstić information content (AvgIpc) is 2.66. The van der Waals surface area contributed by atoms with Gasteiger partial charge in [-0.2, -0.15) is 0 Å². The first kappa shape index (κ1) is 21.2. The van der Waals surface area contributed by atoms with Crippen LogP contribution in [0.3, 0.4) is 0 Å². The molecule has 2 aromatic carbocycles. The van der Waals surface area contributed by atoms with Crippen LogP contribution in [0.2, 0.25) is 0 Å². The van der Waals surface area contributed by atoms with Crippen LogP contribution in [-0.2, 0) is 4.79 Å². The summed E-state index contributed by atoms with van der Waals surface area (Å²) in [5.41, 5.74) is 0. The lowest BCUT2D eigenvalue weighted by molar-refractivity contribution is 0.361. The van der Waals surface area contributed by atoms with E-state index in [2.05, 4.69) is 0 Å². The molecule has 2 rings (SSSR count). The van der Waals surface area contributed by atoms with Gasteiger partial charge in [-0.25, -0.2) is 48.7 Å². The molecular formula is C14F10OS2. The maximum Gasteiger partial charge on any atom is 0.200 e. The molecule has 0 saturated heterocycles. The van der Waals surface area contributed by atoms with Crippen LogP contribution in [-0.4, -0.2) is 5.94 Å². The summed E-state index contributed by atoms with van der Waals surface area (Å²) in [6.07, 6.45) is 0. The molecule has 2 aromatic rings. The first-order chi connectivity index (χ1) is 12.5. The molecule has 0 saturated carbocycles. The standard InChI is InChI=1S/C14F10OS2/c15-3-5(17)9(21)13(10(22)6(3)18)26-2(1-25)27-14-11(23)7(19)4(16)8(20)12(14)24. The number of halogens is 10. The van der Waals surface area contributed by atoms with Crippen LogP contribution in [0.25, 0.3) is 0 Å². The lowest BCUT2D eigenvalue weighted by Gasteiger charge is -2.10. The van der Waals surface area contributed by atoms with Gasteiger partial charge in [-0.15, -0.1) is 0 Å². The number of benzene rings is 2. The zero-order chi connectivity index (χ0) is 20.6. The molecule has 0 radical (unpaired) electrons. The van der Waals surface area contributed by atoms with Crippen molar-refractivity contribution < 1.29 is 48.7 Å². The fourth-order valence-corrected chi connectivity index (χ4v) is 3.43. The Morgan fingerprint density at radius 1 is 0.481 bits per heavy atom. The van der Waals surface area contributed by atoms with E-state index in [1.54, 1.807) is 0 Å². The third kappa shape index (κ3) is 3.66. The fourth-order valence-electron chi connectivity index (χ4n) is 1.60. The van der Waals surface area contributed by atoms with E-state index in [1.807, 2.05) is 0 Å². The molecule has 0 aromatic heterocycles. The van der Waals surface area contributed by atoms with E-state index >= 15 is 0 Å². The highest BCUT2D eigenvalue weighted by Gasteiger charge is 2.30. The van der Waals surface area contributed by atoms with Crippen molar-refractivity contribution >= 4 is 29.5 Å². The van der Waals surface area contributed by atoms with Crippen molar-refractivity contribution in [3.8, 4) is 0 Å². The second-order valence-electron chi connectivity index (χ2n) is 4.39. The van der Waals surface area contributed by atoms with Crippen molar-refractivity contribution in [1.29, 1.82) is 0 Å². The molecule has 144 valence electrons. The Bertz CT molecular complexity index is 869. The topological polar surface area (TPSA) is 17.1 Å². The fraction of sp³-hybridized carbons (Fsp3) is 0. The lowest BCUT2D eigenvalue weighted by atomic mass is 10.3. The van der Waals surface area contributed by atoms with Gasteiger partial charge < -0.3 is 0 Å². The Balaban J connectivity index is 2.51. The third-order valence-corrected chi connectivity index (χ3v) is 4.97. The molecule has 0 aliphatic carbocycles. The largest absolute Gasteiger partial charge is 0.232 e. The van der Waals surface area contributed by atoms with E-state index in [0.29, 0.717) is 0 Å². The van der Waals surface area contributed by atoms with E-state index in [-0.39, 0.29) is 0 Å². The molecule has 0 N–H and O–H groups in total. The van der Waals surface area contributed by atoms with E-state index < -0.39 is 95.7 Å². The Labute approximate surface area is 151 Å². The van der Waals surface area contributed by atoms with Gasteiger partial charge in [0.2, 0.25) is 11.6 Å². The molecule has 0 aliphatic rings. The Morgan fingerprint density at radius 3 is 0.926 bits per heavy atom. The van der Waals surface area contributed by atoms with Gasteiger partial charge in [-0.1, -0.05) is 23.5 Å². The van der Waals surface area contributed by atoms with Crippen LogP contribution < -0.4 is 0 Å². The van der Waals surface area contributed by atoms with Gasteiger partial charge in [0.25, 0.3) is 0 Å². The molecule has 13 heteroatoms. The van der Waals surface area contributed by atoms with E-state index in [0.717, 1.165) is 5.94 Å². The second kappa shape index (κ2) is 7.87. The van der Waals surface area contributed by atoms with Gasteiger partial charge in [0.1, 0.15) is 10.2 Å². The van der Waals surface area contributed by atoms with Gasteiger partial charge in [0.15, 0.2) is 46.5 Å². The molecule has 1 nitrogen and oxygen atoms in total. The average molecular weight is 438 g/mol. The molecule has 0 unspecified atom stereocenters. The smallest absolute Gasteiger partial charge is 0.200 e. The van der Waals surface area contributed by atoms with Crippen molar-refractivity contribution in [2.75, 3.05) is 0 Å². The molecule has 27 heavy (non-hydrogen) atoms. The summed E-state index contributed by atoms with van der Waals surface area (Å²) in [6.45, 7) is 0. The van der Waals surface area contributed by atoms with Crippen LogP contribution in [0.4, 0.5) is 43.9 Å². The quantitative estimate of drug-likeness (QED) is 0.202. The van der Waals surface area contributed by atoms with Gasteiger partial charge in [0.05, 0.1) is 9.79 Å². The molecule has 0 amide bonds. The maximum absolute atomic E-state index is 13.6. The highest BCUT2D eigenvalue weighted by molar-refractivity contribution is 8.22. The van der Waals surface area contributed by atoms with E-state index in [9.17, 15) is 48.7 Å². The molecule has 0 spiro atoms. The molecule has 0 bridgehead atoms. The van der Waals surface area contributed by atoms with Crippen LogP contribution in [0, 0.1) is 58.2 Å². The normalized spacial score (nSPS) is 10.9. The van der Waals surface area contributed by atoms with Crippen molar-refractivity contribution in [3.63, 3.8) is 0 Å². The highest BCUT2D eigenvalue weighted by atomic mass is 32.2. The minimum atomic E-state index is -2.50. The molecule has 0 aliphatic heterocycles. The second-order valence-corrected chi connectivity index (χ2v) is 6.69. The van der Waals surface area contributed by atoms with Gasteiger partial charge >= 0.3 is 0 Å². The molecule has 0 atom stereocenters. The predicted octanol–water partition coefficient (Wildman–Crippen LogP) is 5.64. The number of thioether (sulfide) groups is 2. The molecule has 0 heterocycles. The minimum absolute atomic E-state index is 0.505. The van der Waals surface area contributed by atoms with Crippen LogP contribution in [0.15, 0.2) is 14.0 Å². The van der Waals surface area contributed by atoms with Gasteiger partial charge in [0, 0.05) is 0 Å². The summed E-state index contributed by atoms with van der Waals surface area (Å²) in [5, 5.41) is 0. The summed E-state index contributed by atoms with van der Waals surface area (Å²) < 4.78 is 131. The summed E-state index contributed by atoms with van der Waals surface area (Å²) in [7, 11) is 0. The molecular weight excluding hydrogens is 438 g/mol. The number of hydrogen-bond donors (Lipinski definition) is 0. The van der Waals surface area contributed by atoms with E-state index in [4.69, 9.17) is 0 Å². The Hall–Kier alpha value is -2.11. The molecule has 0 fully saturated rings. The highest BCUT2D eigenvalue weighted by Crippen LogP contribution is 2.43. The third-order valence-electron chi connectivity index (χ3n) is 2.81. The number of carbonyl (C=O) groups excluding carboxylic acids is 1. The monoisotopic (exact) mass is 438 g/mol. The predicted molar refractivity (Wildman–Crippen MR) is 73.4 cm³/mol. The summed E-state index contributed by atoms with van der Waals surface area (Å²) in [4.78, 5) is 7.54. The first-order valence-electron chi connectivity index (χ1n) is 6.16. The summed E-state index contributed by atoms with van der Waals surface area (Å²) >= 11 is -1.01. The van der Waals surface area contributed by atoms with Crippen molar-refractivity contribution in [2.24, 2.45) is 0 Å². The van der Waals surface area contributed by atoms with Crippen molar-refractivity contribution in [1.82, 2.24) is 0 Å².